The number of anilines is 1. The van der Waals surface area contributed by atoms with Crippen molar-refractivity contribution >= 4 is 11.4 Å². The van der Waals surface area contributed by atoms with Gasteiger partial charge in [0, 0.05) is 24.7 Å². The van der Waals surface area contributed by atoms with Crippen molar-refractivity contribution in [1.29, 1.82) is 0 Å². The van der Waals surface area contributed by atoms with Crippen LogP contribution in [0.3, 0.4) is 0 Å². The van der Waals surface area contributed by atoms with Crippen LogP contribution in [-0.2, 0) is 13.0 Å². The minimum atomic E-state index is 0.798. The highest BCUT2D eigenvalue weighted by Crippen LogP contribution is 2.20. The number of nitrogens with zero attached hydrogens (tertiary/aromatic N) is 2. The SMILES string of the molecule is CN1Cc2ccccc2C(Cc2ccc(N)cc2)=N1. The molecule has 0 saturated carbocycles. The summed E-state index contributed by atoms with van der Waals surface area (Å²) in [5.41, 5.74) is 11.5. The average Bonchev–Trinajstić information content (AvgIpc) is 2.41. The molecule has 0 atom stereocenters. The summed E-state index contributed by atoms with van der Waals surface area (Å²) in [5.74, 6) is 0. The molecule has 0 aliphatic carbocycles. The third-order valence-corrected chi connectivity index (χ3v) is 3.37. The molecule has 0 saturated heterocycles. The maximum Gasteiger partial charge on any atom is 0.0724 e. The van der Waals surface area contributed by atoms with Gasteiger partial charge in [-0.3, -0.25) is 5.01 Å². The molecule has 2 aromatic rings. The zero-order valence-electron chi connectivity index (χ0n) is 11.0. The van der Waals surface area contributed by atoms with Crippen molar-refractivity contribution in [2.24, 2.45) is 5.10 Å². The summed E-state index contributed by atoms with van der Waals surface area (Å²) in [6.45, 7) is 0.876. The van der Waals surface area contributed by atoms with Crippen LogP contribution in [0.4, 0.5) is 5.69 Å². The van der Waals surface area contributed by atoms with E-state index in [0.717, 1.165) is 24.4 Å². The topological polar surface area (TPSA) is 41.6 Å². The molecule has 19 heavy (non-hydrogen) atoms. The molecule has 0 radical (unpaired) electrons. The third-order valence-electron chi connectivity index (χ3n) is 3.37. The van der Waals surface area contributed by atoms with Gasteiger partial charge >= 0.3 is 0 Å². The van der Waals surface area contributed by atoms with Gasteiger partial charge in [-0.15, -0.1) is 0 Å². The standard InChI is InChI=1S/C16H17N3/c1-19-11-13-4-2-3-5-15(13)16(18-19)10-12-6-8-14(17)9-7-12/h2-9H,10-11,17H2,1H3. The number of benzene rings is 2. The van der Waals surface area contributed by atoms with Crippen LogP contribution in [-0.4, -0.2) is 17.8 Å². The smallest absolute Gasteiger partial charge is 0.0724 e. The summed E-state index contributed by atoms with van der Waals surface area (Å²) in [7, 11) is 2.01. The Labute approximate surface area is 113 Å². The van der Waals surface area contributed by atoms with E-state index < -0.39 is 0 Å². The monoisotopic (exact) mass is 251 g/mol. The minimum absolute atomic E-state index is 0.798. The number of nitrogen functional groups attached to an aromatic ring is 1. The lowest BCUT2D eigenvalue weighted by Gasteiger charge is -2.24. The van der Waals surface area contributed by atoms with E-state index in [1.54, 1.807) is 0 Å². The second-order valence-corrected chi connectivity index (χ2v) is 4.94. The largest absolute Gasteiger partial charge is 0.399 e. The molecular formula is C16H17N3. The first kappa shape index (κ1) is 11.8. The summed E-state index contributed by atoms with van der Waals surface area (Å²) >= 11 is 0. The molecule has 0 aromatic heterocycles. The van der Waals surface area contributed by atoms with E-state index in [2.05, 4.69) is 41.5 Å². The van der Waals surface area contributed by atoms with E-state index >= 15 is 0 Å². The highest BCUT2D eigenvalue weighted by Gasteiger charge is 2.16. The minimum Gasteiger partial charge on any atom is -0.399 e. The quantitative estimate of drug-likeness (QED) is 0.834. The zero-order chi connectivity index (χ0) is 13.2. The molecule has 1 heterocycles. The van der Waals surface area contributed by atoms with Crippen molar-refractivity contribution in [3.05, 3.63) is 65.2 Å². The van der Waals surface area contributed by atoms with Crippen LogP contribution >= 0.6 is 0 Å². The summed E-state index contributed by atoms with van der Waals surface area (Å²) in [5, 5.41) is 6.66. The molecule has 0 unspecified atom stereocenters. The summed E-state index contributed by atoms with van der Waals surface area (Å²) in [4.78, 5) is 0. The van der Waals surface area contributed by atoms with Gasteiger partial charge in [-0.25, -0.2) is 0 Å². The van der Waals surface area contributed by atoms with Gasteiger partial charge in [-0.1, -0.05) is 36.4 Å². The Kier molecular flexibility index (Phi) is 2.95. The molecule has 2 N–H and O–H groups in total. The van der Waals surface area contributed by atoms with Crippen LogP contribution in [0, 0.1) is 0 Å². The lowest BCUT2D eigenvalue weighted by molar-refractivity contribution is 0.340. The Bertz CT molecular complexity index is 614. The molecule has 3 nitrogen and oxygen atoms in total. The lowest BCUT2D eigenvalue weighted by atomic mass is 9.96. The molecule has 2 aromatic carbocycles. The van der Waals surface area contributed by atoms with Crippen molar-refractivity contribution in [3.8, 4) is 0 Å². The normalized spacial score (nSPS) is 13.9. The van der Waals surface area contributed by atoms with Crippen molar-refractivity contribution in [1.82, 2.24) is 5.01 Å². The predicted octanol–water partition coefficient (Wildman–Crippen LogP) is 2.66. The number of fused-ring (bicyclic) bond motifs is 1. The molecule has 0 fully saturated rings. The Morgan fingerprint density at radius 3 is 2.63 bits per heavy atom. The Morgan fingerprint density at radius 2 is 1.84 bits per heavy atom. The van der Waals surface area contributed by atoms with Crippen molar-refractivity contribution in [2.45, 2.75) is 13.0 Å². The van der Waals surface area contributed by atoms with Crippen LogP contribution in [0.5, 0.6) is 0 Å². The van der Waals surface area contributed by atoms with Gasteiger partial charge in [0.15, 0.2) is 0 Å². The first-order valence-electron chi connectivity index (χ1n) is 6.44. The lowest BCUT2D eigenvalue weighted by Crippen LogP contribution is -2.23. The van der Waals surface area contributed by atoms with Gasteiger partial charge in [0.25, 0.3) is 0 Å². The Balaban J connectivity index is 1.93. The van der Waals surface area contributed by atoms with Gasteiger partial charge in [0.05, 0.1) is 12.3 Å². The molecule has 0 bridgehead atoms. The van der Waals surface area contributed by atoms with Crippen molar-refractivity contribution in [3.63, 3.8) is 0 Å². The van der Waals surface area contributed by atoms with Crippen LogP contribution < -0.4 is 5.73 Å². The van der Waals surface area contributed by atoms with Crippen LogP contribution in [0.15, 0.2) is 53.6 Å². The first-order chi connectivity index (χ1) is 9.22. The second kappa shape index (κ2) is 4.76. The molecule has 96 valence electrons. The Morgan fingerprint density at radius 1 is 1.11 bits per heavy atom. The van der Waals surface area contributed by atoms with E-state index in [-0.39, 0.29) is 0 Å². The number of hydrazone groups is 1. The Hall–Kier alpha value is -2.29. The molecule has 1 aliphatic heterocycles. The van der Waals surface area contributed by atoms with E-state index in [0.29, 0.717) is 0 Å². The molecule has 0 amide bonds. The van der Waals surface area contributed by atoms with Crippen LogP contribution in [0.25, 0.3) is 0 Å². The molecule has 3 rings (SSSR count). The molecule has 3 heteroatoms. The first-order valence-corrected chi connectivity index (χ1v) is 6.44. The number of nitrogens with two attached hydrogens (primary N) is 1. The van der Waals surface area contributed by atoms with Crippen molar-refractivity contribution < 1.29 is 0 Å². The highest BCUT2D eigenvalue weighted by molar-refractivity contribution is 6.03. The van der Waals surface area contributed by atoms with Gasteiger partial charge < -0.3 is 5.73 Å². The number of hydrogen-bond donors (Lipinski definition) is 1. The van der Waals surface area contributed by atoms with Crippen molar-refractivity contribution in [2.75, 3.05) is 12.8 Å². The van der Waals surface area contributed by atoms with E-state index in [1.807, 2.05) is 24.2 Å². The predicted molar refractivity (Wildman–Crippen MR) is 79.0 cm³/mol. The van der Waals surface area contributed by atoms with Gasteiger partial charge in [-0.2, -0.15) is 5.10 Å². The summed E-state index contributed by atoms with van der Waals surface area (Å²) < 4.78 is 0. The fourth-order valence-electron chi connectivity index (χ4n) is 2.44. The summed E-state index contributed by atoms with van der Waals surface area (Å²) in [6, 6.07) is 16.5. The van der Waals surface area contributed by atoms with Crippen LogP contribution in [0.2, 0.25) is 0 Å². The molecule has 1 aliphatic rings. The zero-order valence-corrected chi connectivity index (χ0v) is 11.0. The highest BCUT2D eigenvalue weighted by atomic mass is 15.4. The van der Waals surface area contributed by atoms with E-state index in [1.165, 1.54) is 16.7 Å². The van der Waals surface area contributed by atoms with Gasteiger partial charge in [0.1, 0.15) is 0 Å². The fraction of sp³-hybridized carbons (Fsp3) is 0.188. The maximum absolute atomic E-state index is 5.72. The van der Waals surface area contributed by atoms with Crippen LogP contribution in [0.1, 0.15) is 16.7 Å². The molecule has 0 spiro atoms. The fourth-order valence-corrected chi connectivity index (χ4v) is 2.44. The van der Waals surface area contributed by atoms with E-state index in [4.69, 9.17) is 5.73 Å². The average molecular weight is 251 g/mol. The van der Waals surface area contributed by atoms with Gasteiger partial charge in [-0.05, 0) is 23.3 Å². The number of hydrogen-bond acceptors (Lipinski definition) is 3. The summed E-state index contributed by atoms with van der Waals surface area (Å²) in [6.07, 6.45) is 0.835. The van der Waals surface area contributed by atoms with E-state index in [9.17, 15) is 0 Å². The third kappa shape index (κ3) is 2.45. The maximum atomic E-state index is 5.72. The number of rotatable bonds is 2. The van der Waals surface area contributed by atoms with Gasteiger partial charge in [0.2, 0.25) is 0 Å². The second-order valence-electron chi connectivity index (χ2n) is 4.94. The molecular weight excluding hydrogens is 234 g/mol.